The highest BCUT2D eigenvalue weighted by atomic mass is 35.5. The third-order valence-electron chi connectivity index (χ3n) is 3.32. The first kappa shape index (κ1) is 11.9. The number of para-hydroxylation sites is 1. The fourth-order valence-electron chi connectivity index (χ4n) is 2.47. The lowest BCUT2D eigenvalue weighted by Crippen LogP contribution is -3.00. The van der Waals surface area contributed by atoms with E-state index in [2.05, 4.69) is 16.0 Å². The molecule has 0 atom stereocenters. The number of pyridine rings is 1. The maximum absolute atomic E-state index is 13.3. The van der Waals surface area contributed by atoms with Crippen molar-refractivity contribution in [2.75, 3.05) is 0 Å². The van der Waals surface area contributed by atoms with Crippen molar-refractivity contribution in [2.45, 2.75) is 0 Å². The summed E-state index contributed by atoms with van der Waals surface area (Å²) < 4.78 is 13.3. The topological polar surface area (TPSA) is 29.9 Å². The minimum Gasteiger partial charge on any atom is -1.00 e. The lowest BCUT2D eigenvalue weighted by Gasteiger charge is -1.95. The van der Waals surface area contributed by atoms with E-state index in [0.29, 0.717) is 0 Å². The van der Waals surface area contributed by atoms with Crippen LogP contribution in [0.15, 0.2) is 48.5 Å². The molecule has 2 nitrogen and oxygen atoms in total. The molecule has 2 aromatic carbocycles. The third kappa shape index (κ3) is 1.74. The Labute approximate surface area is 114 Å². The Morgan fingerprint density at radius 3 is 2.68 bits per heavy atom. The van der Waals surface area contributed by atoms with Crippen LogP contribution in [0.3, 0.4) is 0 Å². The molecule has 4 heteroatoms. The average Bonchev–Trinajstić information content (AvgIpc) is 2.74. The molecule has 4 aromatic rings. The predicted octanol–water partition coefficient (Wildman–Crippen LogP) is 0.431. The molecule has 0 unspecified atom stereocenters. The Morgan fingerprint density at radius 1 is 0.947 bits per heavy atom. The first-order chi connectivity index (χ1) is 8.81. The van der Waals surface area contributed by atoms with Crippen LogP contribution < -0.4 is 17.4 Å². The average molecular weight is 273 g/mol. The number of aromatic nitrogens is 2. The Balaban J connectivity index is 0.00000110. The van der Waals surface area contributed by atoms with E-state index in [0.717, 1.165) is 32.8 Å². The van der Waals surface area contributed by atoms with Crippen LogP contribution in [0.4, 0.5) is 4.39 Å². The molecule has 0 saturated carbocycles. The summed E-state index contributed by atoms with van der Waals surface area (Å²) >= 11 is 0. The van der Waals surface area contributed by atoms with E-state index in [1.54, 1.807) is 12.1 Å². The summed E-state index contributed by atoms with van der Waals surface area (Å²) in [7, 11) is 0. The molecule has 0 fully saturated rings. The Bertz CT molecular complexity index is 898. The summed E-state index contributed by atoms with van der Waals surface area (Å²) in [5.74, 6) is -0.213. The summed E-state index contributed by atoms with van der Waals surface area (Å²) in [5.41, 5.74) is 2.98. The molecule has 19 heavy (non-hydrogen) atoms. The fourth-order valence-corrected chi connectivity index (χ4v) is 2.47. The normalized spacial score (nSPS) is 11.0. The standard InChI is InChI=1S/C15H9FN2.ClH/c16-10-5-6-13-9(7-10)8-12-11-3-1-2-4-14(11)18-15(12)17-13;/h1-8H,(H,17,18);1H. The van der Waals surface area contributed by atoms with Gasteiger partial charge in [0, 0.05) is 10.8 Å². The van der Waals surface area contributed by atoms with Crippen molar-refractivity contribution >= 4 is 32.8 Å². The third-order valence-corrected chi connectivity index (χ3v) is 3.32. The maximum Gasteiger partial charge on any atom is 0.285 e. The van der Waals surface area contributed by atoms with Crippen molar-refractivity contribution in [3.8, 4) is 0 Å². The molecule has 0 aliphatic rings. The summed E-state index contributed by atoms with van der Waals surface area (Å²) in [6.07, 6.45) is 0. The highest BCUT2D eigenvalue weighted by Gasteiger charge is 2.12. The number of H-pyrrole nitrogens is 2. The zero-order chi connectivity index (χ0) is 12.1. The molecule has 4 rings (SSSR count). The highest BCUT2D eigenvalue weighted by molar-refractivity contribution is 6.07. The highest BCUT2D eigenvalue weighted by Crippen LogP contribution is 2.25. The molecular formula is C15H10ClFN2. The van der Waals surface area contributed by atoms with E-state index in [4.69, 9.17) is 0 Å². The van der Waals surface area contributed by atoms with Gasteiger partial charge in [0.1, 0.15) is 16.9 Å². The van der Waals surface area contributed by atoms with Crippen LogP contribution >= 0.6 is 0 Å². The zero-order valence-electron chi connectivity index (χ0n) is 9.87. The fraction of sp³-hybridized carbons (Fsp3) is 0. The number of benzene rings is 2. The lowest BCUT2D eigenvalue weighted by molar-refractivity contribution is -0.313. The number of aromatic amines is 2. The number of hydrogen-bond donors (Lipinski definition) is 1. The number of rotatable bonds is 0. The van der Waals surface area contributed by atoms with Gasteiger partial charge in [0.2, 0.25) is 0 Å². The Morgan fingerprint density at radius 2 is 1.79 bits per heavy atom. The second kappa shape index (κ2) is 4.21. The van der Waals surface area contributed by atoms with E-state index >= 15 is 0 Å². The van der Waals surface area contributed by atoms with Gasteiger partial charge in [0.25, 0.3) is 5.65 Å². The predicted molar refractivity (Wildman–Crippen MR) is 69.8 cm³/mol. The van der Waals surface area contributed by atoms with Gasteiger partial charge in [-0.3, -0.25) is 0 Å². The first-order valence-corrected chi connectivity index (χ1v) is 5.83. The molecule has 0 saturated heterocycles. The quantitative estimate of drug-likeness (QED) is 0.481. The van der Waals surface area contributed by atoms with Gasteiger partial charge in [-0.15, -0.1) is 0 Å². The molecule has 94 valence electrons. The minimum atomic E-state index is -0.213. The van der Waals surface area contributed by atoms with Gasteiger partial charge in [0.15, 0.2) is 0 Å². The van der Waals surface area contributed by atoms with Crippen LogP contribution in [0.2, 0.25) is 0 Å². The van der Waals surface area contributed by atoms with Crippen LogP contribution in [0.5, 0.6) is 0 Å². The van der Waals surface area contributed by atoms with E-state index in [1.165, 1.54) is 6.07 Å². The molecule has 0 aliphatic carbocycles. The van der Waals surface area contributed by atoms with E-state index in [1.807, 2.05) is 24.3 Å². The summed E-state index contributed by atoms with van der Waals surface area (Å²) in [5, 5.41) is 3.12. The van der Waals surface area contributed by atoms with Crippen LogP contribution in [0.25, 0.3) is 32.8 Å². The summed E-state index contributed by atoms with van der Waals surface area (Å²) in [6, 6.07) is 14.9. The minimum absolute atomic E-state index is 0. The van der Waals surface area contributed by atoms with Gasteiger partial charge < -0.3 is 12.4 Å². The number of halogens is 2. The van der Waals surface area contributed by atoms with Gasteiger partial charge in [-0.2, -0.15) is 0 Å². The van der Waals surface area contributed by atoms with Gasteiger partial charge in [-0.25, -0.2) is 14.4 Å². The van der Waals surface area contributed by atoms with Crippen molar-refractivity contribution < 1.29 is 21.8 Å². The molecule has 0 amide bonds. The van der Waals surface area contributed by atoms with E-state index in [-0.39, 0.29) is 18.2 Å². The molecule has 0 bridgehead atoms. The Hall–Kier alpha value is -2.13. The Kier molecular flexibility index (Phi) is 2.64. The van der Waals surface area contributed by atoms with Crippen LogP contribution in [-0.4, -0.2) is 4.98 Å². The maximum atomic E-state index is 13.3. The van der Waals surface area contributed by atoms with Crippen molar-refractivity contribution in [1.29, 1.82) is 0 Å². The summed E-state index contributed by atoms with van der Waals surface area (Å²) in [4.78, 5) is 6.64. The van der Waals surface area contributed by atoms with Gasteiger partial charge in [-0.1, -0.05) is 12.1 Å². The monoisotopic (exact) mass is 272 g/mol. The second-order valence-corrected chi connectivity index (χ2v) is 4.46. The first-order valence-electron chi connectivity index (χ1n) is 5.83. The van der Waals surface area contributed by atoms with Gasteiger partial charge >= 0.3 is 0 Å². The molecular weight excluding hydrogens is 263 g/mol. The molecule has 0 radical (unpaired) electrons. The van der Waals surface area contributed by atoms with E-state index < -0.39 is 0 Å². The molecule has 2 N–H and O–H groups in total. The molecule has 0 aliphatic heterocycles. The molecule has 2 aromatic heterocycles. The number of fused-ring (bicyclic) bond motifs is 4. The largest absolute Gasteiger partial charge is 1.00 e. The van der Waals surface area contributed by atoms with Crippen LogP contribution in [-0.2, 0) is 0 Å². The lowest BCUT2D eigenvalue weighted by atomic mass is 10.1. The van der Waals surface area contributed by atoms with Crippen molar-refractivity contribution in [3.63, 3.8) is 0 Å². The van der Waals surface area contributed by atoms with Crippen LogP contribution in [0, 0.1) is 5.82 Å². The van der Waals surface area contributed by atoms with Crippen molar-refractivity contribution in [3.05, 3.63) is 54.3 Å². The number of nitrogens with one attached hydrogen (secondary N) is 2. The van der Waals surface area contributed by atoms with Crippen LogP contribution in [0.1, 0.15) is 0 Å². The SMILES string of the molecule is Fc1ccc2[nH+]c3[nH]c4ccccc4c3cc2c1.[Cl-]. The van der Waals surface area contributed by atoms with Gasteiger partial charge in [0.05, 0.1) is 5.39 Å². The number of hydrogen-bond acceptors (Lipinski definition) is 0. The second-order valence-electron chi connectivity index (χ2n) is 4.46. The zero-order valence-corrected chi connectivity index (χ0v) is 10.6. The van der Waals surface area contributed by atoms with Gasteiger partial charge in [-0.05, 0) is 36.4 Å². The van der Waals surface area contributed by atoms with Crippen molar-refractivity contribution in [2.24, 2.45) is 0 Å². The van der Waals surface area contributed by atoms with E-state index in [9.17, 15) is 4.39 Å². The molecule has 2 heterocycles. The van der Waals surface area contributed by atoms with Crippen molar-refractivity contribution in [1.82, 2.24) is 4.98 Å². The summed E-state index contributed by atoms with van der Waals surface area (Å²) in [6.45, 7) is 0. The molecule has 0 spiro atoms. The smallest absolute Gasteiger partial charge is 0.285 e.